The summed E-state index contributed by atoms with van der Waals surface area (Å²) in [7, 11) is 2.69. The zero-order valence-corrected chi connectivity index (χ0v) is 14.5. The first kappa shape index (κ1) is 16.8. The lowest BCUT2D eigenvalue weighted by molar-refractivity contribution is 0.103. The van der Waals surface area contributed by atoms with E-state index in [2.05, 4.69) is 5.16 Å². The Bertz CT molecular complexity index is 814. The number of ether oxygens (including phenoxy) is 1. The molecule has 0 saturated heterocycles. The number of carbonyl (C=O) groups is 2. The van der Waals surface area contributed by atoms with E-state index in [0.29, 0.717) is 11.3 Å². The van der Waals surface area contributed by atoms with Crippen LogP contribution in [-0.4, -0.2) is 31.2 Å². The Balaban J connectivity index is 2.10. The highest BCUT2D eigenvalue weighted by Crippen LogP contribution is 2.43. The third-order valence-electron chi connectivity index (χ3n) is 3.89. The molecule has 0 unspecified atom stereocenters. The van der Waals surface area contributed by atoms with Gasteiger partial charge in [0.2, 0.25) is 0 Å². The molecule has 1 saturated carbocycles. The summed E-state index contributed by atoms with van der Waals surface area (Å²) in [5, 5.41) is 4.06. The molecule has 0 aliphatic heterocycles. The van der Waals surface area contributed by atoms with Crippen LogP contribution in [0.2, 0.25) is 10.0 Å². The number of nitrogens with zero attached hydrogens (tertiary/aromatic N) is 2. The summed E-state index contributed by atoms with van der Waals surface area (Å²) in [5.41, 5.74) is 0.779. The molecule has 3 rings (SSSR count). The highest BCUT2D eigenvalue weighted by Gasteiger charge is 2.34. The first-order valence-corrected chi connectivity index (χ1v) is 8.00. The molecule has 1 amide bonds. The van der Waals surface area contributed by atoms with Crippen LogP contribution in [0.25, 0.3) is 0 Å². The number of benzene rings is 1. The van der Waals surface area contributed by atoms with Gasteiger partial charge in [0.05, 0.1) is 34.6 Å². The maximum absolute atomic E-state index is 13.0. The molecule has 1 fully saturated rings. The van der Waals surface area contributed by atoms with E-state index in [0.717, 1.165) is 17.7 Å². The van der Waals surface area contributed by atoms with Gasteiger partial charge in [-0.15, -0.1) is 0 Å². The van der Waals surface area contributed by atoms with Crippen molar-refractivity contribution in [3.8, 4) is 0 Å². The lowest BCUT2D eigenvalue weighted by Crippen LogP contribution is -2.28. The molecule has 1 aliphatic rings. The Hall–Kier alpha value is -2.05. The first-order valence-electron chi connectivity index (χ1n) is 7.24. The Kier molecular flexibility index (Phi) is 4.51. The van der Waals surface area contributed by atoms with Crippen LogP contribution >= 0.6 is 23.2 Å². The number of anilines is 1. The van der Waals surface area contributed by atoms with Crippen LogP contribution < -0.4 is 4.90 Å². The molecule has 0 radical (unpaired) electrons. The van der Waals surface area contributed by atoms with Gasteiger partial charge in [-0.05, 0) is 25.0 Å². The molecule has 1 aromatic carbocycles. The second-order valence-electron chi connectivity index (χ2n) is 5.49. The van der Waals surface area contributed by atoms with Crippen molar-refractivity contribution >= 4 is 40.8 Å². The molecule has 24 heavy (non-hydrogen) atoms. The summed E-state index contributed by atoms with van der Waals surface area (Å²) in [6.07, 6.45) is 2.65. The smallest absolute Gasteiger partial charge is 0.413 e. The van der Waals surface area contributed by atoms with Crippen LogP contribution in [0, 0.1) is 0 Å². The van der Waals surface area contributed by atoms with Gasteiger partial charge in [-0.1, -0.05) is 28.4 Å². The van der Waals surface area contributed by atoms with Crippen molar-refractivity contribution in [1.29, 1.82) is 0 Å². The van der Waals surface area contributed by atoms with Crippen molar-refractivity contribution in [2.45, 2.75) is 18.8 Å². The molecule has 0 N–H and O–H groups in total. The van der Waals surface area contributed by atoms with Crippen LogP contribution in [0.4, 0.5) is 10.5 Å². The SMILES string of the molecule is COC(=O)N(C)c1c(C(=O)c2cnoc2C2CC2)ccc(Cl)c1Cl. The van der Waals surface area contributed by atoms with Crippen molar-refractivity contribution in [2.75, 3.05) is 19.1 Å². The van der Waals surface area contributed by atoms with E-state index >= 15 is 0 Å². The van der Waals surface area contributed by atoms with Crippen LogP contribution in [-0.2, 0) is 4.74 Å². The van der Waals surface area contributed by atoms with Crippen LogP contribution in [0.1, 0.15) is 40.4 Å². The number of rotatable bonds is 4. The van der Waals surface area contributed by atoms with Crippen LogP contribution in [0.15, 0.2) is 22.9 Å². The number of aromatic nitrogens is 1. The molecule has 2 aromatic rings. The summed E-state index contributed by atoms with van der Waals surface area (Å²) < 4.78 is 9.92. The fourth-order valence-electron chi connectivity index (χ4n) is 2.48. The second kappa shape index (κ2) is 6.45. The Morgan fingerprint density at radius 2 is 2.00 bits per heavy atom. The molecule has 1 aromatic heterocycles. The maximum atomic E-state index is 13.0. The van der Waals surface area contributed by atoms with Crippen molar-refractivity contribution in [3.63, 3.8) is 0 Å². The lowest BCUT2D eigenvalue weighted by Gasteiger charge is -2.20. The predicted octanol–water partition coefficient (Wildman–Crippen LogP) is 4.29. The molecule has 126 valence electrons. The Morgan fingerprint density at radius 1 is 1.29 bits per heavy atom. The van der Waals surface area contributed by atoms with E-state index < -0.39 is 6.09 Å². The van der Waals surface area contributed by atoms with Gasteiger partial charge in [-0.25, -0.2) is 4.79 Å². The number of methoxy groups -OCH3 is 1. The normalized spacial score (nSPS) is 13.7. The minimum absolute atomic E-state index is 0.0971. The zero-order valence-electron chi connectivity index (χ0n) is 13.0. The average Bonchev–Trinajstić information content (AvgIpc) is 3.31. The number of amides is 1. The van der Waals surface area contributed by atoms with Gasteiger partial charge >= 0.3 is 6.09 Å². The lowest BCUT2D eigenvalue weighted by atomic mass is 10.0. The maximum Gasteiger partial charge on any atom is 0.413 e. The first-order chi connectivity index (χ1) is 11.5. The zero-order chi connectivity index (χ0) is 17.4. The van der Waals surface area contributed by atoms with E-state index in [1.54, 1.807) is 0 Å². The van der Waals surface area contributed by atoms with Gasteiger partial charge < -0.3 is 9.26 Å². The Morgan fingerprint density at radius 3 is 2.62 bits per heavy atom. The Labute approximate surface area is 148 Å². The summed E-state index contributed by atoms with van der Waals surface area (Å²) >= 11 is 12.3. The highest BCUT2D eigenvalue weighted by atomic mass is 35.5. The molecule has 0 spiro atoms. The third kappa shape index (κ3) is 2.87. The highest BCUT2D eigenvalue weighted by molar-refractivity contribution is 6.44. The van der Waals surface area contributed by atoms with E-state index in [1.165, 1.54) is 32.5 Å². The molecule has 8 heteroatoms. The van der Waals surface area contributed by atoms with Gasteiger partial charge in [-0.3, -0.25) is 9.69 Å². The van der Waals surface area contributed by atoms with Crippen molar-refractivity contribution < 1.29 is 18.8 Å². The monoisotopic (exact) mass is 368 g/mol. The minimum atomic E-state index is -0.666. The summed E-state index contributed by atoms with van der Waals surface area (Å²) in [4.78, 5) is 26.0. The van der Waals surface area contributed by atoms with Gasteiger partial charge in [0.25, 0.3) is 0 Å². The number of carbonyl (C=O) groups excluding carboxylic acids is 2. The third-order valence-corrected chi connectivity index (χ3v) is 4.68. The summed E-state index contributed by atoms with van der Waals surface area (Å²) in [6.45, 7) is 0. The van der Waals surface area contributed by atoms with Crippen molar-refractivity contribution in [3.05, 3.63) is 45.3 Å². The van der Waals surface area contributed by atoms with Crippen molar-refractivity contribution in [1.82, 2.24) is 5.16 Å². The van der Waals surface area contributed by atoms with Gasteiger partial charge in [0.15, 0.2) is 11.5 Å². The van der Waals surface area contributed by atoms with E-state index in [1.807, 2.05) is 0 Å². The van der Waals surface area contributed by atoms with Gasteiger partial charge in [-0.2, -0.15) is 0 Å². The molecule has 6 nitrogen and oxygen atoms in total. The predicted molar refractivity (Wildman–Crippen MR) is 89.2 cm³/mol. The topological polar surface area (TPSA) is 72.6 Å². The number of hydrogen-bond acceptors (Lipinski definition) is 5. The number of hydrogen-bond donors (Lipinski definition) is 0. The average molecular weight is 369 g/mol. The van der Waals surface area contributed by atoms with Crippen molar-refractivity contribution in [2.24, 2.45) is 0 Å². The summed E-state index contributed by atoms with van der Waals surface area (Å²) in [5.74, 6) is 0.455. The van der Waals surface area contributed by atoms with E-state index in [9.17, 15) is 9.59 Å². The number of ketones is 1. The van der Waals surface area contributed by atoms with Crippen LogP contribution in [0.3, 0.4) is 0 Å². The minimum Gasteiger partial charge on any atom is -0.452 e. The summed E-state index contributed by atoms with van der Waals surface area (Å²) in [6, 6.07) is 3.03. The quantitative estimate of drug-likeness (QED) is 0.752. The standard InChI is InChI=1S/C16H14Cl2N2O4/c1-20(16(22)23-2)13-9(5-6-11(17)12(13)18)14(21)10-7-19-24-15(10)8-3-4-8/h5-8H,3-4H2,1-2H3. The van der Waals surface area contributed by atoms with Gasteiger partial charge in [0, 0.05) is 18.5 Å². The fraction of sp³-hybridized carbons (Fsp3) is 0.312. The molecule has 1 heterocycles. The van der Waals surface area contributed by atoms with E-state index in [4.69, 9.17) is 32.5 Å². The molecular weight excluding hydrogens is 355 g/mol. The molecule has 1 aliphatic carbocycles. The number of halogens is 2. The largest absolute Gasteiger partial charge is 0.452 e. The van der Waals surface area contributed by atoms with Crippen LogP contribution in [0.5, 0.6) is 0 Å². The second-order valence-corrected chi connectivity index (χ2v) is 6.28. The van der Waals surface area contributed by atoms with Gasteiger partial charge in [0.1, 0.15) is 0 Å². The molecule has 0 atom stereocenters. The molecule has 0 bridgehead atoms. The van der Waals surface area contributed by atoms with E-state index in [-0.39, 0.29) is 33.0 Å². The fourth-order valence-corrected chi connectivity index (χ4v) is 2.93. The molecular formula is C16H14Cl2N2O4.